The van der Waals surface area contributed by atoms with Crippen LogP contribution in [0.4, 0.5) is 5.82 Å². The molecule has 1 aliphatic rings. The van der Waals surface area contributed by atoms with Gasteiger partial charge in [-0.05, 0) is 19.8 Å². The van der Waals surface area contributed by atoms with E-state index in [0.29, 0.717) is 17.7 Å². The topological polar surface area (TPSA) is 88.5 Å². The highest BCUT2D eigenvalue weighted by Crippen LogP contribution is 2.33. The molecule has 0 amide bonds. The molecule has 94 valence electrons. The average molecular weight is 246 g/mol. The Hall–Kier alpha value is -2.18. The highest BCUT2D eigenvalue weighted by Gasteiger charge is 2.25. The monoisotopic (exact) mass is 246 g/mol. The summed E-state index contributed by atoms with van der Waals surface area (Å²) < 4.78 is 1.74. The number of aromatic amines is 1. The molecule has 2 aromatic heterocycles. The van der Waals surface area contributed by atoms with Crippen molar-refractivity contribution in [2.24, 2.45) is 0 Å². The summed E-state index contributed by atoms with van der Waals surface area (Å²) >= 11 is 0. The molecule has 7 nitrogen and oxygen atoms in total. The minimum Gasteiger partial charge on any atom is -0.356 e. The van der Waals surface area contributed by atoms with E-state index in [4.69, 9.17) is 0 Å². The molecule has 1 atom stereocenters. The van der Waals surface area contributed by atoms with Crippen LogP contribution in [0.5, 0.6) is 0 Å². The molecule has 7 heteroatoms. The fourth-order valence-corrected chi connectivity index (χ4v) is 1.86. The minimum atomic E-state index is -0.136. The van der Waals surface area contributed by atoms with Crippen LogP contribution >= 0.6 is 0 Å². The molecule has 0 saturated heterocycles. The number of hydrogen-bond acceptors (Lipinski definition) is 5. The molecule has 1 unspecified atom stereocenters. The summed E-state index contributed by atoms with van der Waals surface area (Å²) in [6.45, 7) is 1.90. The molecule has 0 radical (unpaired) electrons. The van der Waals surface area contributed by atoms with E-state index in [0.717, 1.165) is 12.8 Å². The lowest BCUT2D eigenvalue weighted by Gasteiger charge is -2.12. The first kappa shape index (κ1) is 10.9. The second-order valence-corrected chi connectivity index (χ2v) is 4.46. The quantitative estimate of drug-likeness (QED) is 0.835. The zero-order chi connectivity index (χ0) is 12.5. The van der Waals surface area contributed by atoms with Crippen LogP contribution in [0, 0.1) is 0 Å². The van der Waals surface area contributed by atoms with Gasteiger partial charge < -0.3 is 9.88 Å². The third kappa shape index (κ3) is 1.99. The van der Waals surface area contributed by atoms with Gasteiger partial charge in [0, 0.05) is 18.4 Å². The first-order valence-electron chi connectivity index (χ1n) is 5.94. The van der Waals surface area contributed by atoms with E-state index in [1.165, 1.54) is 6.33 Å². The molecule has 0 aliphatic heterocycles. The number of rotatable bonds is 4. The molecular formula is C11H14N6O. The van der Waals surface area contributed by atoms with Crippen LogP contribution in [0.3, 0.4) is 0 Å². The largest absolute Gasteiger partial charge is 0.356 e. The smallest absolute Gasteiger partial charge is 0.293 e. The van der Waals surface area contributed by atoms with Gasteiger partial charge >= 0.3 is 0 Å². The molecule has 0 spiro atoms. The molecule has 0 bridgehead atoms. The van der Waals surface area contributed by atoms with Crippen LogP contribution in [0.1, 0.15) is 37.7 Å². The maximum atomic E-state index is 12.1. The molecule has 18 heavy (non-hydrogen) atoms. The van der Waals surface area contributed by atoms with Gasteiger partial charge in [-0.3, -0.25) is 9.89 Å². The van der Waals surface area contributed by atoms with E-state index < -0.39 is 0 Å². The Labute approximate surface area is 103 Å². The molecule has 1 saturated carbocycles. The molecule has 2 aromatic rings. The Bertz CT molecular complexity index is 586. The van der Waals surface area contributed by atoms with Crippen molar-refractivity contribution in [2.45, 2.75) is 31.8 Å². The molecule has 1 aliphatic carbocycles. The Morgan fingerprint density at radius 1 is 1.50 bits per heavy atom. The van der Waals surface area contributed by atoms with E-state index in [2.05, 4.69) is 25.5 Å². The summed E-state index contributed by atoms with van der Waals surface area (Å²) in [6.07, 6.45) is 6.97. The first-order chi connectivity index (χ1) is 8.75. The van der Waals surface area contributed by atoms with Crippen molar-refractivity contribution >= 4 is 5.82 Å². The van der Waals surface area contributed by atoms with E-state index in [-0.39, 0.29) is 11.6 Å². The van der Waals surface area contributed by atoms with E-state index in [1.54, 1.807) is 17.0 Å². The van der Waals surface area contributed by atoms with E-state index in [1.807, 2.05) is 6.92 Å². The fraction of sp³-hybridized carbons (Fsp3) is 0.455. The second-order valence-electron chi connectivity index (χ2n) is 4.46. The van der Waals surface area contributed by atoms with Gasteiger partial charge in [-0.25, -0.2) is 9.97 Å². The van der Waals surface area contributed by atoms with Crippen molar-refractivity contribution in [3.63, 3.8) is 0 Å². The molecule has 2 N–H and O–H groups in total. The first-order valence-corrected chi connectivity index (χ1v) is 5.94. The van der Waals surface area contributed by atoms with Gasteiger partial charge in [-0.2, -0.15) is 5.10 Å². The van der Waals surface area contributed by atoms with Crippen molar-refractivity contribution in [3.05, 3.63) is 34.9 Å². The predicted molar refractivity (Wildman–Crippen MR) is 65.2 cm³/mol. The van der Waals surface area contributed by atoms with Crippen LogP contribution in [-0.4, -0.2) is 24.7 Å². The lowest BCUT2D eigenvalue weighted by Crippen LogP contribution is -2.25. The second kappa shape index (κ2) is 4.25. The minimum absolute atomic E-state index is 0.0774. The molecule has 2 heterocycles. The maximum absolute atomic E-state index is 12.1. The normalized spacial score (nSPS) is 16.5. The Morgan fingerprint density at radius 2 is 2.33 bits per heavy atom. The van der Waals surface area contributed by atoms with Crippen molar-refractivity contribution in [2.75, 3.05) is 5.32 Å². The summed E-state index contributed by atoms with van der Waals surface area (Å²) in [5.74, 6) is 1.03. The number of nitrogens with zero attached hydrogens (tertiary/aromatic N) is 4. The Balaban J connectivity index is 1.84. The van der Waals surface area contributed by atoms with Gasteiger partial charge in [-0.1, -0.05) is 0 Å². The molecule has 3 rings (SSSR count). The summed E-state index contributed by atoms with van der Waals surface area (Å²) in [5, 5.41) is 9.61. The van der Waals surface area contributed by atoms with Crippen LogP contribution in [0.15, 0.2) is 23.5 Å². The number of H-pyrrole nitrogens is 1. The number of hydrogen-bond donors (Lipinski definition) is 2. The van der Waals surface area contributed by atoms with Gasteiger partial charge in [0.1, 0.15) is 12.2 Å². The zero-order valence-corrected chi connectivity index (χ0v) is 10.00. The standard InChI is InChI=1S/C11H14N6O/c1-7(9-13-6-14-16-9)15-10-11(18)17(5-4-12-10)8-2-3-8/h4-8H,2-3H2,1H3,(H,12,15)(H,13,14,16). The van der Waals surface area contributed by atoms with Gasteiger partial charge in [0.05, 0.1) is 6.04 Å². The van der Waals surface area contributed by atoms with E-state index >= 15 is 0 Å². The number of anilines is 1. The van der Waals surface area contributed by atoms with E-state index in [9.17, 15) is 4.79 Å². The SMILES string of the molecule is CC(Nc1nccn(C2CC2)c1=O)c1ncn[nH]1. The molecular weight excluding hydrogens is 232 g/mol. The van der Waals surface area contributed by atoms with Crippen LogP contribution in [0.25, 0.3) is 0 Å². The third-order valence-corrected chi connectivity index (χ3v) is 3.01. The van der Waals surface area contributed by atoms with Crippen molar-refractivity contribution in [1.29, 1.82) is 0 Å². The summed E-state index contributed by atoms with van der Waals surface area (Å²) in [5.41, 5.74) is -0.0774. The van der Waals surface area contributed by atoms with Gasteiger partial charge in [-0.15, -0.1) is 0 Å². The van der Waals surface area contributed by atoms with Gasteiger partial charge in [0.25, 0.3) is 5.56 Å². The average Bonchev–Trinajstić information content (AvgIpc) is 3.05. The lowest BCUT2D eigenvalue weighted by atomic mass is 10.3. The Kier molecular flexibility index (Phi) is 2.58. The molecule has 0 aromatic carbocycles. The highest BCUT2D eigenvalue weighted by molar-refractivity contribution is 5.33. The lowest BCUT2D eigenvalue weighted by molar-refractivity contribution is 0.693. The van der Waals surface area contributed by atoms with Crippen molar-refractivity contribution in [3.8, 4) is 0 Å². The van der Waals surface area contributed by atoms with Gasteiger partial charge in [0.2, 0.25) is 0 Å². The fourth-order valence-electron chi connectivity index (χ4n) is 1.86. The summed E-state index contributed by atoms with van der Waals surface area (Å²) in [4.78, 5) is 20.3. The molecule has 1 fully saturated rings. The van der Waals surface area contributed by atoms with Crippen molar-refractivity contribution in [1.82, 2.24) is 24.7 Å². The van der Waals surface area contributed by atoms with Gasteiger partial charge in [0.15, 0.2) is 5.82 Å². The predicted octanol–water partition coefficient (Wildman–Crippen LogP) is 0.869. The van der Waals surface area contributed by atoms with Crippen LogP contribution in [0.2, 0.25) is 0 Å². The number of aromatic nitrogens is 5. The van der Waals surface area contributed by atoms with Crippen LogP contribution < -0.4 is 10.9 Å². The zero-order valence-electron chi connectivity index (χ0n) is 10.00. The summed E-state index contributed by atoms with van der Waals surface area (Å²) in [6, 6.07) is 0.212. The highest BCUT2D eigenvalue weighted by atomic mass is 16.1. The maximum Gasteiger partial charge on any atom is 0.293 e. The third-order valence-electron chi connectivity index (χ3n) is 3.01. The van der Waals surface area contributed by atoms with Crippen LogP contribution in [-0.2, 0) is 0 Å². The summed E-state index contributed by atoms with van der Waals surface area (Å²) in [7, 11) is 0. The number of nitrogens with one attached hydrogen (secondary N) is 2. The Morgan fingerprint density at radius 3 is 3.00 bits per heavy atom. The van der Waals surface area contributed by atoms with Crippen molar-refractivity contribution < 1.29 is 0 Å².